The number of ketones is 1. The van der Waals surface area contributed by atoms with E-state index in [1.807, 2.05) is 13.8 Å². The van der Waals surface area contributed by atoms with Gasteiger partial charge >= 0.3 is 0 Å². The first-order chi connectivity index (χ1) is 10.3. The molecule has 0 saturated carbocycles. The summed E-state index contributed by atoms with van der Waals surface area (Å²) in [5, 5.41) is 2.70. The first-order valence-electron chi connectivity index (χ1n) is 7.35. The minimum absolute atomic E-state index is 0. The molecule has 0 unspecified atom stereocenters. The second kappa shape index (κ2) is 9.57. The molecule has 0 aliphatic carbocycles. The van der Waals surface area contributed by atoms with E-state index in [9.17, 15) is 18.4 Å². The lowest BCUT2D eigenvalue weighted by Gasteiger charge is -2.26. The van der Waals surface area contributed by atoms with Crippen LogP contribution in [0.2, 0.25) is 0 Å². The zero-order chi connectivity index (χ0) is 16.8. The van der Waals surface area contributed by atoms with Gasteiger partial charge in [0.1, 0.15) is 0 Å². The molecule has 0 aliphatic heterocycles. The number of halogens is 3. The van der Waals surface area contributed by atoms with Crippen molar-refractivity contribution in [2.75, 3.05) is 6.54 Å². The van der Waals surface area contributed by atoms with Gasteiger partial charge in [-0.3, -0.25) is 9.59 Å². The molecule has 1 aromatic rings. The first-order valence-corrected chi connectivity index (χ1v) is 7.35. The van der Waals surface area contributed by atoms with Crippen LogP contribution in [0.4, 0.5) is 8.78 Å². The monoisotopic (exact) mass is 348 g/mol. The lowest BCUT2D eigenvalue weighted by Crippen LogP contribution is -2.49. The number of hydrogen-bond donors (Lipinski definition) is 2. The summed E-state index contributed by atoms with van der Waals surface area (Å²) in [6.45, 7) is 4.24. The summed E-state index contributed by atoms with van der Waals surface area (Å²) in [4.78, 5) is 23.6. The fourth-order valence-electron chi connectivity index (χ4n) is 1.90. The molecule has 0 bridgehead atoms. The summed E-state index contributed by atoms with van der Waals surface area (Å²) in [5.41, 5.74) is 5.68. The van der Waals surface area contributed by atoms with Crippen LogP contribution in [0.3, 0.4) is 0 Å². The van der Waals surface area contributed by atoms with Gasteiger partial charge in [0.2, 0.25) is 5.91 Å². The van der Waals surface area contributed by atoms with Crippen molar-refractivity contribution >= 4 is 24.1 Å². The molecule has 0 heterocycles. The van der Waals surface area contributed by atoms with Crippen LogP contribution in [-0.4, -0.2) is 23.8 Å². The normalized spacial score (nSPS) is 10.8. The van der Waals surface area contributed by atoms with Crippen molar-refractivity contribution in [3.63, 3.8) is 0 Å². The Balaban J connectivity index is 0.00000484. The Hall–Kier alpha value is -1.53. The minimum Gasteiger partial charge on any atom is -0.354 e. The molecule has 0 saturated heterocycles. The highest BCUT2D eigenvalue weighted by molar-refractivity contribution is 5.97. The highest BCUT2D eigenvalue weighted by atomic mass is 35.5. The summed E-state index contributed by atoms with van der Waals surface area (Å²) in [6, 6.07) is 2.94. The van der Waals surface area contributed by atoms with Gasteiger partial charge in [0.05, 0.1) is 0 Å². The van der Waals surface area contributed by atoms with Crippen LogP contribution in [0.1, 0.15) is 49.9 Å². The Bertz CT molecular complexity index is 549. The van der Waals surface area contributed by atoms with Crippen LogP contribution in [0.5, 0.6) is 0 Å². The van der Waals surface area contributed by atoms with E-state index in [1.165, 1.54) is 6.07 Å². The number of Topliss-reactive ketones (excluding diaryl/α,β-unsaturated/α-hetero) is 1. The third-order valence-electron chi connectivity index (χ3n) is 3.87. The highest BCUT2D eigenvalue weighted by Gasteiger charge is 2.21. The summed E-state index contributed by atoms with van der Waals surface area (Å²) >= 11 is 0. The van der Waals surface area contributed by atoms with Gasteiger partial charge in [-0.15, -0.1) is 12.4 Å². The lowest BCUT2D eigenvalue weighted by atomic mass is 9.94. The fraction of sp³-hybridized carbons (Fsp3) is 0.500. The third-order valence-corrected chi connectivity index (χ3v) is 3.87. The first kappa shape index (κ1) is 21.5. The number of benzene rings is 1. The Labute approximate surface area is 141 Å². The van der Waals surface area contributed by atoms with Crippen molar-refractivity contribution in [2.45, 2.75) is 45.1 Å². The molecule has 1 aromatic carbocycles. The van der Waals surface area contributed by atoms with Gasteiger partial charge in [0.25, 0.3) is 0 Å². The molecule has 0 spiro atoms. The van der Waals surface area contributed by atoms with Crippen LogP contribution >= 0.6 is 12.4 Å². The molecule has 4 nitrogen and oxygen atoms in total. The second-order valence-corrected chi connectivity index (χ2v) is 5.40. The molecular weight excluding hydrogens is 326 g/mol. The second-order valence-electron chi connectivity index (χ2n) is 5.40. The van der Waals surface area contributed by atoms with Crippen LogP contribution in [0.15, 0.2) is 18.2 Å². The average molecular weight is 349 g/mol. The zero-order valence-electron chi connectivity index (χ0n) is 13.3. The maximum absolute atomic E-state index is 13.0. The molecule has 0 atom stereocenters. The maximum atomic E-state index is 13.0. The van der Waals surface area contributed by atoms with Crippen molar-refractivity contribution < 1.29 is 18.4 Å². The van der Waals surface area contributed by atoms with Gasteiger partial charge in [-0.05, 0) is 31.0 Å². The Morgan fingerprint density at radius 3 is 2.26 bits per heavy atom. The van der Waals surface area contributed by atoms with Crippen molar-refractivity contribution in [1.82, 2.24) is 5.32 Å². The predicted octanol–water partition coefficient (Wildman–Crippen LogP) is 2.98. The highest BCUT2D eigenvalue weighted by Crippen LogP contribution is 2.12. The molecule has 0 aliphatic rings. The Kier molecular flexibility index (Phi) is 8.94. The van der Waals surface area contributed by atoms with E-state index in [0.717, 1.165) is 25.0 Å². The average Bonchev–Trinajstić information content (AvgIpc) is 2.52. The number of rotatable bonds is 8. The van der Waals surface area contributed by atoms with Crippen LogP contribution in [0, 0.1) is 11.6 Å². The van der Waals surface area contributed by atoms with E-state index in [0.29, 0.717) is 6.54 Å². The van der Waals surface area contributed by atoms with Gasteiger partial charge in [-0.1, -0.05) is 13.8 Å². The van der Waals surface area contributed by atoms with E-state index >= 15 is 0 Å². The molecule has 130 valence electrons. The van der Waals surface area contributed by atoms with E-state index in [1.54, 1.807) is 0 Å². The topological polar surface area (TPSA) is 72.2 Å². The van der Waals surface area contributed by atoms with Crippen LogP contribution < -0.4 is 11.1 Å². The standard InChI is InChI=1S/C16H22F2N2O2.ClH/c1-3-16(19,4-2)10-20-15(22)8-7-14(21)11-5-6-12(17)13(18)9-11;/h5-6,9H,3-4,7-8,10,19H2,1-2H3,(H,20,22);1H. The van der Waals surface area contributed by atoms with E-state index in [4.69, 9.17) is 5.73 Å². The Morgan fingerprint density at radius 1 is 1.13 bits per heavy atom. The molecule has 0 fully saturated rings. The molecule has 1 rings (SSSR count). The van der Waals surface area contributed by atoms with Crippen molar-refractivity contribution in [3.05, 3.63) is 35.4 Å². The third kappa shape index (κ3) is 6.62. The van der Waals surface area contributed by atoms with Crippen molar-refractivity contribution in [3.8, 4) is 0 Å². The maximum Gasteiger partial charge on any atom is 0.220 e. The predicted molar refractivity (Wildman–Crippen MR) is 87.7 cm³/mol. The summed E-state index contributed by atoms with van der Waals surface area (Å²) in [7, 11) is 0. The number of hydrogen-bond acceptors (Lipinski definition) is 3. The van der Waals surface area contributed by atoms with Gasteiger partial charge in [-0.25, -0.2) is 8.78 Å². The van der Waals surface area contributed by atoms with Crippen molar-refractivity contribution in [1.29, 1.82) is 0 Å². The van der Waals surface area contributed by atoms with Crippen LogP contribution in [0.25, 0.3) is 0 Å². The molecule has 23 heavy (non-hydrogen) atoms. The summed E-state index contributed by atoms with van der Waals surface area (Å²) in [6.07, 6.45) is 1.39. The van der Waals surface area contributed by atoms with Gasteiger partial charge in [0.15, 0.2) is 17.4 Å². The Morgan fingerprint density at radius 2 is 1.74 bits per heavy atom. The SMILES string of the molecule is CCC(N)(CC)CNC(=O)CCC(=O)c1ccc(F)c(F)c1.Cl. The fourth-order valence-corrected chi connectivity index (χ4v) is 1.90. The number of nitrogens with two attached hydrogens (primary N) is 1. The zero-order valence-corrected chi connectivity index (χ0v) is 14.1. The van der Waals surface area contributed by atoms with Crippen molar-refractivity contribution in [2.24, 2.45) is 5.73 Å². The van der Waals surface area contributed by atoms with E-state index < -0.39 is 23.0 Å². The van der Waals surface area contributed by atoms with Gasteiger partial charge in [-0.2, -0.15) is 0 Å². The minimum atomic E-state index is -1.07. The number of amides is 1. The molecule has 0 aromatic heterocycles. The smallest absolute Gasteiger partial charge is 0.220 e. The molecular formula is C16H23ClF2N2O2. The van der Waals surface area contributed by atoms with E-state index in [2.05, 4.69) is 5.32 Å². The molecule has 3 N–H and O–H groups in total. The molecule has 1 amide bonds. The largest absolute Gasteiger partial charge is 0.354 e. The van der Waals surface area contributed by atoms with Gasteiger partial charge < -0.3 is 11.1 Å². The molecule has 7 heteroatoms. The lowest BCUT2D eigenvalue weighted by molar-refractivity contribution is -0.121. The molecule has 0 radical (unpaired) electrons. The van der Waals surface area contributed by atoms with E-state index in [-0.39, 0.29) is 36.7 Å². The summed E-state index contributed by atoms with van der Waals surface area (Å²) < 4.78 is 25.8. The number of carbonyl (C=O) groups excluding carboxylic acids is 2. The number of nitrogens with one attached hydrogen (secondary N) is 1. The van der Waals surface area contributed by atoms with Gasteiger partial charge in [0, 0.05) is 30.5 Å². The van der Waals surface area contributed by atoms with Crippen LogP contribution in [-0.2, 0) is 4.79 Å². The summed E-state index contributed by atoms with van der Waals surface area (Å²) in [5.74, 6) is -2.77. The number of carbonyl (C=O) groups is 2. The quantitative estimate of drug-likeness (QED) is 0.709.